The van der Waals surface area contributed by atoms with Crippen molar-refractivity contribution < 1.29 is 13.2 Å². The monoisotopic (exact) mass is 218 g/mol. The van der Waals surface area contributed by atoms with Crippen molar-refractivity contribution in [2.75, 3.05) is 5.75 Å². The Morgan fingerprint density at radius 2 is 2.07 bits per heavy atom. The summed E-state index contributed by atoms with van der Waals surface area (Å²) in [6.07, 6.45) is 3.87. The van der Waals surface area contributed by atoms with E-state index in [1.54, 1.807) is 13.8 Å². The lowest BCUT2D eigenvalue weighted by Crippen LogP contribution is -2.33. The van der Waals surface area contributed by atoms with Gasteiger partial charge < -0.3 is 4.79 Å². The lowest BCUT2D eigenvalue weighted by molar-refractivity contribution is -0.108. The number of hydrogen-bond acceptors (Lipinski definition) is 3. The molecule has 0 saturated carbocycles. The van der Waals surface area contributed by atoms with Crippen LogP contribution in [0.3, 0.4) is 0 Å². The highest BCUT2D eigenvalue weighted by atomic mass is 32.2. The van der Waals surface area contributed by atoms with Crippen LogP contribution in [0.1, 0.15) is 39.5 Å². The van der Waals surface area contributed by atoms with Gasteiger partial charge in [-0.3, -0.25) is 0 Å². The van der Waals surface area contributed by atoms with Gasteiger partial charge in [-0.1, -0.05) is 0 Å². The molecular formula is C10H18O3S. The molecule has 3 nitrogen and oxygen atoms in total. The summed E-state index contributed by atoms with van der Waals surface area (Å²) < 4.78 is 22.7. The lowest BCUT2D eigenvalue weighted by atomic mass is 9.88. The Labute approximate surface area is 85.8 Å². The molecule has 0 aromatic heterocycles. The van der Waals surface area contributed by atoms with Crippen molar-refractivity contribution in [3.05, 3.63) is 0 Å². The zero-order valence-corrected chi connectivity index (χ0v) is 9.64. The second kappa shape index (κ2) is 4.01. The molecule has 1 saturated heterocycles. The molecule has 0 radical (unpaired) electrons. The Bertz CT molecular complexity index is 303. The standard InChI is InChI=1S/C10H18O3S/c1-10(2)9(5-3-4-7-11)6-8-14(10,12)13/h7,9H,3-6,8H2,1-2H3. The van der Waals surface area contributed by atoms with E-state index in [4.69, 9.17) is 0 Å². The van der Waals surface area contributed by atoms with Crippen LogP contribution in [-0.2, 0) is 14.6 Å². The topological polar surface area (TPSA) is 51.2 Å². The van der Waals surface area contributed by atoms with Crippen LogP contribution in [0.5, 0.6) is 0 Å². The average Bonchev–Trinajstić information content (AvgIpc) is 2.27. The summed E-state index contributed by atoms with van der Waals surface area (Å²) >= 11 is 0. The minimum Gasteiger partial charge on any atom is -0.303 e. The summed E-state index contributed by atoms with van der Waals surface area (Å²) in [6, 6.07) is 0. The molecule has 0 aromatic carbocycles. The van der Waals surface area contributed by atoms with Crippen molar-refractivity contribution in [3.8, 4) is 0 Å². The van der Waals surface area contributed by atoms with Crippen LogP contribution in [0.2, 0.25) is 0 Å². The largest absolute Gasteiger partial charge is 0.303 e. The minimum atomic E-state index is -2.90. The van der Waals surface area contributed by atoms with Gasteiger partial charge in [0.05, 0.1) is 10.5 Å². The number of sulfone groups is 1. The van der Waals surface area contributed by atoms with E-state index < -0.39 is 14.6 Å². The number of unbranched alkanes of at least 4 members (excludes halogenated alkanes) is 1. The molecule has 1 rings (SSSR count). The molecule has 0 amide bonds. The Morgan fingerprint density at radius 1 is 1.43 bits per heavy atom. The molecule has 1 atom stereocenters. The molecule has 1 fully saturated rings. The molecule has 0 spiro atoms. The molecular weight excluding hydrogens is 200 g/mol. The van der Waals surface area contributed by atoms with E-state index in [1.807, 2.05) is 0 Å². The number of carbonyl (C=O) groups excluding carboxylic acids is 1. The van der Waals surface area contributed by atoms with Gasteiger partial charge in [0, 0.05) is 6.42 Å². The fourth-order valence-corrected chi connectivity index (χ4v) is 3.97. The fourth-order valence-electron chi connectivity index (χ4n) is 2.10. The van der Waals surface area contributed by atoms with Crippen molar-refractivity contribution in [2.45, 2.75) is 44.3 Å². The van der Waals surface area contributed by atoms with Crippen LogP contribution in [0.25, 0.3) is 0 Å². The van der Waals surface area contributed by atoms with E-state index in [0.29, 0.717) is 12.2 Å². The first-order valence-corrected chi connectivity index (χ1v) is 6.73. The van der Waals surface area contributed by atoms with Gasteiger partial charge in [-0.05, 0) is 39.0 Å². The van der Waals surface area contributed by atoms with Crippen molar-refractivity contribution in [2.24, 2.45) is 5.92 Å². The molecule has 0 aliphatic carbocycles. The molecule has 0 N–H and O–H groups in total. The van der Waals surface area contributed by atoms with Gasteiger partial charge in [-0.15, -0.1) is 0 Å². The van der Waals surface area contributed by atoms with Gasteiger partial charge >= 0.3 is 0 Å². The van der Waals surface area contributed by atoms with Gasteiger partial charge in [0.25, 0.3) is 0 Å². The number of rotatable bonds is 4. The molecule has 1 unspecified atom stereocenters. The maximum Gasteiger partial charge on any atom is 0.155 e. The summed E-state index contributed by atoms with van der Waals surface area (Å²) in [5, 5.41) is 0. The van der Waals surface area contributed by atoms with Crippen LogP contribution >= 0.6 is 0 Å². The van der Waals surface area contributed by atoms with Crippen molar-refractivity contribution in [1.82, 2.24) is 0 Å². The predicted octanol–water partition coefficient (Wildman–Crippen LogP) is 1.57. The third-order valence-corrected chi connectivity index (χ3v) is 6.10. The van der Waals surface area contributed by atoms with E-state index in [9.17, 15) is 13.2 Å². The van der Waals surface area contributed by atoms with Crippen molar-refractivity contribution >= 4 is 16.1 Å². The zero-order chi connectivity index (χ0) is 10.8. The molecule has 4 heteroatoms. The van der Waals surface area contributed by atoms with Crippen molar-refractivity contribution in [1.29, 1.82) is 0 Å². The van der Waals surface area contributed by atoms with Gasteiger partial charge in [-0.2, -0.15) is 0 Å². The second-order valence-electron chi connectivity index (χ2n) is 4.51. The molecule has 1 aliphatic heterocycles. The Hall–Kier alpha value is -0.380. The molecule has 1 aliphatic rings. The first-order chi connectivity index (χ1) is 6.42. The highest BCUT2D eigenvalue weighted by molar-refractivity contribution is 7.93. The van der Waals surface area contributed by atoms with E-state index >= 15 is 0 Å². The van der Waals surface area contributed by atoms with E-state index in [-0.39, 0.29) is 5.92 Å². The van der Waals surface area contributed by atoms with Crippen molar-refractivity contribution in [3.63, 3.8) is 0 Å². The average molecular weight is 218 g/mol. The molecule has 1 heterocycles. The minimum absolute atomic E-state index is 0.229. The normalized spacial score (nSPS) is 28.9. The Morgan fingerprint density at radius 3 is 2.50 bits per heavy atom. The summed E-state index contributed by atoms with van der Waals surface area (Å²) in [5.74, 6) is 0.540. The van der Waals surface area contributed by atoms with Gasteiger partial charge in [0.2, 0.25) is 0 Å². The molecule has 14 heavy (non-hydrogen) atoms. The van der Waals surface area contributed by atoms with Crippen LogP contribution in [0, 0.1) is 5.92 Å². The smallest absolute Gasteiger partial charge is 0.155 e. The quantitative estimate of drug-likeness (QED) is 0.531. The van der Waals surface area contributed by atoms with E-state index in [0.717, 1.165) is 25.5 Å². The second-order valence-corrected chi connectivity index (χ2v) is 7.20. The highest BCUT2D eigenvalue weighted by Gasteiger charge is 2.46. The Balaban J connectivity index is 2.61. The number of carbonyl (C=O) groups is 1. The van der Waals surface area contributed by atoms with Crippen LogP contribution < -0.4 is 0 Å². The van der Waals surface area contributed by atoms with E-state index in [2.05, 4.69) is 0 Å². The predicted molar refractivity (Wildman–Crippen MR) is 55.9 cm³/mol. The van der Waals surface area contributed by atoms with Crippen LogP contribution in [0.4, 0.5) is 0 Å². The lowest BCUT2D eigenvalue weighted by Gasteiger charge is -2.25. The highest BCUT2D eigenvalue weighted by Crippen LogP contribution is 2.39. The molecule has 82 valence electrons. The Kier molecular flexibility index (Phi) is 3.35. The summed E-state index contributed by atoms with van der Waals surface area (Å²) in [4.78, 5) is 10.1. The first-order valence-electron chi connectivity index (χ1n) is 5.08. The number of aldehydes is 1. The SMILES string of the molecule is CC1(C)C(CCCC=O)CCS1(=O)=O. The summed E-state index contributed by atoms with van der Waals surface area (Å²) in [5.41, 5.74) is 0. The zero-order valence-electron chi connectivity index (χ0n) is 8.82. The van der Waals surface area contributed by atoms with Crippen LogP contribution in [0.15, 0.2) is 0 Å². The first kappa shape index (κ1) is 11.7. The summed E-state index contributed by atoms with van der Waals surface area (Å²) in [7, 11) is -2.90. The van der Waals surface area contributed by atoms with E-state index in [1.165, 1.54) is 0 Å². The third kappa shape index (κ3) is 2.00. The number of hydrogen-bond donors (Lipinski definition) is 0. The van der Waals surface area contributed by atoms with Gasteiger partial charge in [-0.25, -0.2) is 8.42 Å². The van der Waals surface area contributed by atoms with Gasteiger partial charge in [0.15, 0.2) is 9.84 Å². The fraction of sp³-hybridized carbons (Fsp3) is 0.900. The summed E-state index contributed by atoms with van der Waals surface area (Å²) in [6.45, 7) is 3.61. The van der Waals surface area contributed by atoms with Crippen LogP contribution in [-0.4, -0.2) is 25.2 Å². The van der Waals surface area contributed by atoms with Gasteiger partial charge in [0.1, 0.15) is 6.29 Å². The maximum absolute atomic E-state index is 11.7. The molecule has 0 aromatic rings. The maximum atomic E-state index is 11.7. The molecule has 0 bridgehead atoms. The third-order valence-electron chi connectivity index (χ3n) is 3.39.